The Balaban J connectivity index is 2.17. The number of methoxy groups -OCH3 is 1. The van der Waals surface area contributed by atoms with Gasteiger partial charge < -0.3 is 9.47 Å². The van der Waals surface area contributed by atoms with Crippen LogP contribution in [-0.2, 0) is 4.74 Å². The molecule has 124 valence electrons. The Morgan fingerprint density at radius 2 is 1.83 bits per heavy atom. The van der Waals surface area contributed by atoms with Gasteiger partial charge >= 0.3 is 5.97 Å². The van der Waals surface area contributed by atoms with Crippen LogP contribution >= 0.6 is 0 Å². The van der Waals surface area contributed by atoms with Gasteiger partial charge in [0.2, 0.25) is 5.78 Å². The highest BCUT2D eigenvalue weighted by molar-refractivity contribution is 6.02. The zero-order valence-electron chi connectivity index (χ0n) is 13.1. The van der Waals surface area contributed by atoms with Gasteiger partial charge in [0.25, 0.3) is 5.69 Å². The van der Waals surface area contributed by atoms with Crippen LogP contribution in [0.1, 0.15) is 26.3 Å². The highest BCUT2D eigenvalue weighted by Crippen LogP contribution is 2.23. The predicted molar refractivity (Wildman–Crippen MR) is 85.4 cm³/mol. The first-order chi connectivity index (χ1) is 11.5. The van der Waals surface area contributed by atoms with E-state index in [1.165, 1.54) is 19.2 Å². The van der Waals surface area contributed by atoms with Crippen molar-refractivity contribution in [1.82, 2.24) is 0 Å². The van der Waals surface area contributed by atoms with E-state index >= 15 is 0 Å². The number of ketones is 1. The van der Waals surface area contributed by atoms with Gasteiger partial charge in [0.05, 0.1) is 17.6 Å². The van der Waals surface area contributed by atoms with Gasteiger partial charge in [0, 0.05) is 6.07 Å². The van der Waals surface area contributed by atoms with E-state index in [2.05, 4.69) is 0 Å². The Morgan fingerprint density at radius 1 is 1.12 bits per heavy atom. The van der Waals surface area contributed by atoms with Crippen LogP contribution in [0.3, 0.4) is 0 Å². The third kappa shape index (κ3) is 3.57. The summed E-state index contributed by atoms with van der Waals surface area (Å²) in [6.45, 7) is 1.02. The first-order valence-corrected chi connectivity index (χ1v) is 7.03. The Labute approximate surface area is 138 Å². The van der Waals surface area contributed by atoms with Gasteiger partial charge in [-0.2, -0.15) is 0 Å². The normalized spacial score (nSPS) is 10.1. The molecule has 0 saturated heterocycles. The molecular formula is C17H15NO6. The zero-order valence-corrected chi connectivity index (χ0v) is 13.1. The van der Waals surface area contributed by atoms with E-state index in [1.54, 1.807) is 37.3 Å². The van der Waals surface area contributed by atoms with Crippen molar-refractivity contribution in [3.8, 4) is 5.75 Å². The molecule has 0 atom stereocenters. The topological polar surface area (TPSA) is 95.7 Å². The molecule has 0 fully saturated rings. The highest BCUT2D eigenvalue weighted by Gasteiger charge is 2.24. The minimum absolute atomic E-state index is 0.157. The van der Waals surface area contributed by atoms with Crippen LogP contribution in [0.15, 0.2) is 42.5 Å². The Kier molecular flexibility index (Phi) is 5.26. The Bertz CT molecular complexity index is 799. The van der Waals surface area contributed by atoms with Gasteiger partial charge in [-0.25, -0.2) is 4.79 Å². The van der Waals surface area contributed by atoms with Crippen molar-refractivity contribution in [3.63, 3.8) is 0 Å². The molecule has 0 N–H and O–H groups in total. The number of carbonyl (C=O) groups excluding carboxylic acids is 2. The number of hydrogen-bond acceptors (Lipinski definition) is 6. The molecule has 2 rings (SSSR count). The number of ether oxygens (including phenoxy) is 2. The molecule has 0 radical (unpaired) electrons. The third-order valence-corrected chi connectivity index (χ3v) is 3.39. The minimum atomic E-state index is -0.914. The van der Waals surface area contributed by atoms with Gasteiger partial charge in [0.1, 0.15) is 11.3 Å². The number of aryl methyl sites for hydroxylation is 1. The first kappa shape index (κ1) is 17.1. The van der Waals surface area contributed by atoms with Crippen molar-refractivity contribution in [3.05, 3.63) is 69.3 Å². The van der Waals surface area contributed by atoms with Crippen LogP contribution in [0.5, 0.6) is 5.75 Å². The molecule has 7 heteroatoms. The standard InChI is InChI=1S/C17H15NO6/c1-11-6-5-8-13(18(21)22)16(11)17(20)24-10-14(19)12-7-3-4-9-15(12)23-2/h3-9H,10H2,1-2H3. The fourth-order valence-electron chi connectivity index (χ4n) is 2.23. The molecule has 0 aliphatic heterocycles. The van der Waals surface area contributed by atoms with E-state index in [-0.39, 0.29) is 16.8 Å². The molecule has 0 spiro atoms. The lowest BCUT2D eigenvalue weighted by atomic mass is 10.1. The number of para-hydroxylation sites is 1. The number of benzene rings is 2. The Hall–Kier alpha value is -3.22. The van der Waals surface area contributed by atoms with E-state index in [1.807, 2.05) is 0 Å². The monoisotopic (exact) mass is 329 g/mol. The maximum absolute atomic E-state index is 12.2. The largest absolute Gasteiger partial charge is 0.496 e. The summed E-state index contributed by atoms with van der Waals surface area (Å²) in [6, 6.07) is 10.8. The van der Waals surface area contributed by atoms with E-state index in [4.69, 9.17) is 9.47 Å². The molecular weight excluding hydrogens is 314 g/mol. The van der Waals surface area contributed by atoms with Gasteiger partial charge in [-0.1, -0.05) is 24.3 Å². The molecule has 0 aliphatic carbocycles. The van der Waals surface area contributed by atoms with Crippen LogP contribution in [0, 0.1) is 17.0 Å². The molecule has 2 aromatic rings. The van der Waals surface area contributed by atoms with Gasteiger partial charge in [-0.05, 0) is 24.6 Å². The second-order valence-electron chi connectivity index (χ2n) is 4.93. The van der Waals surface area contributed by atoms with Crippen molar-refractivity contribution in [2.75, 3.05) is 13.7 Å². The number of nitrogens with zero attached hydrogens (tertiary/aromatic N) is 1. The molecule has 0 amide bonds. The van der Waals surface area contributed by atoms with E-state index < -0.39 is 23.3 Å². The average Bonchev–Trinajstić information content (AvgIpc) is 2.58. The molecule has 0 heterocycles. The van der Waals surface area contributed by atoms with Crippen molar-refractivity contribution < 1.29 is 24.0 Å². The van der Waals surface area contributed by atoms with Crippen molar-refractivity contribution >= 4 is 17.4 Å². The van der Waals surface area contributed by atoms with Gasteiger partial charge in [-0.15, -0.1) is 0 Å². The predicted octanol–water partition coefficient (Wildman–Crippen LogP) is 2.95. The quantitative estimate of drug-likeness (QED) is 0.350. The number of nitro benzene ring substituents is 1. The summed E-state index contributed by atoms with van der Waals surface area (Å²) in [6.07, 6.45) is 0. The van der Waals surface area contributed by atoms with Crippen LogP contribution < -0.4 is 4.74 Å². The van der Waals surface area contributed by atoms with Crippen molar-refractivity contribution in [2.45, 2.75) is 6.92 Å². The van der Waals surface area contributed by atoms with Crippen LogP contribution in [0.25, 0.3) is 0 Å². The zero-order chi connectivity index (χ0) is 17.7. The van der Waals surface area contributed by atoms with Crippen LogP contribution in [0.2, 0.25) is 0 Å². The summed E-state index contributed by atoms with van der Waals surface area (Å²) < 4.78 is 10.0. The number of carbonyl (C=O) groups is 2. The summed E-state index contributed by atoms with van der Waals surface area (Å²) in [4.78, 5) is 34.7. The van der Waals surface area contributed by atoms with Crippen LogP contribution in [0.4, 0.5) is 5.69 Å². The molecule has 0 bridgehead atoms. The number of rotatable bonds is 6. The lowest BCUT2D eigenvalue weighted by Crippen LogP contribution is -2.16. The van der Waals surface area contributed by atoms with Crippen molar-refractivity contribution in [2.24, 2.45) is 0 Å². The van der Waals surface area contributed by atoms with E-state index in [9.17, 15) is 19.7 Å². The van der Waals surface area contributed by atoms with Crippen LogP contribution in [-0.4, -0.2) is 30.4 Å². The summed E-state index contributed by atoms with van der Waals surface area (Å²) in [5, 5.41) is 11.0. The molecule has 2 aromatic carbocycles. The number of nitro groups is 1. The summed E-state index contributed by atoms with van der Waals surface area (Å²) in [5.74, 6) is -1.01. The lowest BCUT2D eigenvalue weighted by Gasteiger charge is -2.09. The highest BCUT2D eigenvalue weighted by atomic mass is 16.6. The number of esters is 1. The second-order valence-corrected chi connectivity index (χ2v) is 4.93. The summed E-state index contributed by atoms with van der Waals surface area (Å²) in [7, 11) is 1.43. The number of Topliss-reactive ketones (excluding diaryl/α,β-unsaturated/α-hetero) is 1. The summed E-state index contributed by atoms with van der Waals surface area (Å²) >= 11 is 0. The average molecular weight is 329 g/mol. The van der Waals surface area contributed by atoms with E-state index in [0.29, 0.717) is 11.3 Å². The van der Waals surface area contributed by atoms with E-state index in [0.717, 1.165) is 0 Å². The maximum Gasteiger partial charge on any atom is 0.345 e. The maximum atomic E-state index is 12.2. The Morgan fingerprint density at radius 3 is 2.50 bits per heavy atom. The molecule has 7 nitrogen and oxygen atoms in total. The molecule has 0 aliphatic rings. The van der Waals surface area contributed by atoms with Gasteiger partial charge in [0.15, 0.2) is 6.61 Å². The third-order valence-electron chi connectivity index (χ3n) is 3.39. The van der Waals surface area contributed by atoms with Gasteiger partial charge in [-0.3, -0.25) is 14.9 Å². The molecule has 0 saturated carbocycles. The molecule has 0 unspecified atom stereocenters. The minimum Gasteiger partial charge on any atom is -0.496 e. The summed E-state index contributed by atoms with van der Waals surface area (Å²) in [5.41, 5.74) is 0.158. The SMILES string of the molecule is COc1ccccc1C(=O)COC(=O)c1c(C)cccc1[N+](=O)[O-]. The fraction of sp³-hybridized carbons (Fsp3) is 0.176. The number of hydrogen-bond donors (Lipinski definition) is 0. The smallest absolute Gasteiger partial charge is 0.345 e. The fourth-order valence-corrected chi connectivity index (χ4v) is 2.23. The lowest BCUT2D eigenvalue weighted by molar-refractivity contribution is -0.385. The van der Waals surface area contributed by atoms with Crippen molar-refractivity contribution in [1.29, 1.82) is 0 Å². The first-order valence-electron chi connectivity index (χ1n) is 7.03. The molecule has 24 heavy (non-hydrogen) atoms. The second kappa shape index (κ2) is 7.36. The molecule has 0 aromatic heterocycles.